The Hall–Kier alpha value is -0.850. The highest BCUT2D eigenvalue weighted by Gasteiger charge is 2.14. The van der Waals surface area contributed by atoms with Crippen molar-refractivity contribution in [2.45, 2.75) is 6.92 Å². The molecule has 72 valence electrons. The van der Waals surface area contributed by atoms with Gasteiger partial charge in [-0.2, -0.15) is 0 Å². The van der Waals surface area contributed by atoms with Crippen molar-refractivity contribution < 1.29 is 18.0 Å². The average molecular weight is 296 g/mol. The Labute approximate surface area is 89.8 Å². The molecule has 0 fully saturated rings. The van der Waals surface area contributed by atoms with Crippen molar-refractivity contribution in [2.24, 2.45) is 0 Å². The number of hydrogen-bond donors (Lipinski definition) is 2. The number of ether oxygens (including phenoxy) is 1. The molecule has 0 heterocycles. The van der Waals surface area contributed by atoms with Crippen molar-refractivity contribution in [3.05, 3.63) is 11.6 Å². The van der Waals surface area contributed by atoms with Gasteiger partial charge in [0.15, 0.2) is 46.0 Å². The summed E-state index contributed by atoms with van der Waals surface area (Å²) >= 11 is 1.64. The largest absolute Gasteiger partial charge is 0.504 e. The van der Waals surface area contributed by atoms with Crippen LogP contribution in [0, 0.1) is 6.92 Å². The van der Waals surface area contributed by atoms with Gasteiger partial charge in [0.05, 0.1) is 7.11 Å². The highest BCUT2D eigenvalue weighted by Crippen LogP contribution is 2.42. The van der Waals surface area contributed by atoms with Gasteiger partial charge in [-0.1, -0.05) is 0 Å². The van der Waals surface area contributed by atoms with E-state index in [1.165, 1.54) is 13.2 Å². The Morgan fingerprint density at radius 3 is 2.23 bits per heavy atom. The van der Waals surface area contributed by atoms with Crippen LogP contribution in [0.5, 0.6) is 23.0 Å². The number of methoxy groups -OCH3 is 1. The van der Waals surface area contributed by atoms with Gasteiger partial charge >= 0.3 is 0 Å². The second-order valence-corrected chi connectivity index (χ2v) is 2.92. The summed E-state index contributed by atoms with van der Waals surface area (Å²) in [5.41, 5.74) is 0.339. The third kappa shape index (κ3) is 1.74. The second kappa shape index (κ2) is 3.91. The smallest absolute Gasteiger partial charge is 0.192 e. The van der Waals surface area contributed by atoms with Crippen LogP contribution in [0.1, 0.15) is 5.56 Å². The number of phenolic OH excluding ortho intramolecular Hbond substituents is 2. The van der Waals surface area contributed by atoms with E-state index in [0.29, 0.717) is 5.56 Å². The first kappa shape index (κ1) is 10.2. The van der Waals surface area contributed by atoms with E-state index in [1.807, 2.05) is 0 Å². The monoisotopic (exact) mass is 296 g/mol. The molecule has 0 aliphatic rings. The molecule has 0 unspecified atom stereocenters. The van der Waals surface area contributed by atoms with Crippen LogP contribution in [0.4, 0.5) is 0 Å². The molecule has 0 saturated carbocycles. The third-order valence-corrected chi connectivity index (χ3v) is 2.22. The van der Waals surface area contributed by atoms with Crippen LogP contribution in [-0.2, 0) is 0 Å². The maximum absolute atomic E-state index is 9.46. The quantitative estimate of drug-likeness (QED) is 0.821. The summed E-state index contributed by atoms with van der Waals surface area (Å²) < 4.78 is 9.73. The molecule has 0 aliphatic heterocycles. The van der Waals surface area contributed by atoms with Crippen molar-refractivity contribution in [3.63, 3.8) is 0 Å². The van der Waals surface area contributed by atoms with Crippen LogP contribution < -0.4 is 7.80 Å². The molecule has 1 aromatic rings. The molecule has 1 rings (SSSR count). The lowest BCUT2D eigenvalue weighted by molar-refractivity contribution is 0.363. The highest BCUT2D eigenvalue weighted by atomic mass is 127. The summed E-state index contributed by atoms with van der Waals surface area (Å²) in [6, 6.07) is 1.42. The summed E-state index contributed by atoms with van der Waals surface area (Å²) in [4.78, 5) is 0. The first-order chi connectivity index (χ1) is 6.11. The molecule has 0 atom stereocenters. The fourth-order valence-corrected chi connectivity index (χ4v) is 1.29. The van der Waals surface area contributed by atoms with Crippen molar-refractivity contribution >= 4 is 23.0 Å². The van der Waals surface area contributed by atoms with Crippen LogP contribution in [0.25, 0.3) is 0 Å². The van der Waals surface area contributed by atoms with Gasteiger partial charge in [-0.3, -0.25) is 0 Å². The zero-order valence-corrected chi connectivity index (χ0v) is 9.32. The lowest BCUT2D eigenvalue weighted by Crippen LogP contribution is -1.88. The number of aromatic hydroxyl groups is 2. The SMILES string of the molecule is COc1cc(OI)c(O)c(C)c1O. The number of rotatable bonds is 2. The normalized spacial score (nSPS) is 9.77. The Morgan fingerprint density at radius 1 is 1.23 bits per heavy atom. The molecule has 0 spiro atoms. The molecule has 0 amide bonds. The molecule has 1 aromatic carbocycles. The van der Waals surface area contributed by atoms with E-state index in [-0.39, 0.29) is 23.0 Å². The summed E-state index contributed by atoms with van der Waals surface area (Å²) in [6.07, 6.45) is 0. The Morgan fingerprint density at radius 2 is 1.77 bits per heavy atom. The Kier molecular flexibility index (Phi) is 3.07. The van der Waals surface area contributed by atoms with Gasteiger partial charge in [0, 0.05) is 11.6 Å². The molecule has 5 heteroatoms. The lowest BCUT2D eigenvalue weighted by Gasteiger charge is -2.10. The third-order valence-electron chi connectivity index (χ3n) is 1.74. The van der Waals surface area contributed by atoms with E-state index >= 15 is 0 Å². The maximum atomic E-state index is 9.46. The zero-order chi connectivity index (χ0) is 10.0. The lowest BCUT2D eigenvalue weighted by atomic mass is 10.1. The van der Waals surface area contributed by atoms with Gasteiger partial charge in [-0.05, 0) is 6.92 Å². The van der Waals surface area contributed by atoms with Gasteiger partial charge in [0.1, 0.15) is 0 Å². The van der Waals surface area contributed by atoms with E-state index in [1.54, 1.807) is 29.9 Å². The van der Waals surface area contributed by atoms with E-state index in [4.69, 9.17) is 7.80 Å². The van der Waals surface area contributed by atoms with Crippen molar-refractivity contribution in [3.8, 4) is 23.0 Å². The summed E-state index contributed by atoms with van der Waals surface area (Å²) in [6.45, 7) is 1.58. The predicted molar refractivity (Wildman–Crippen MR) is 55.7 cm³/mol. The topological polar surface area (TPSA) is 58.9 Å². The van der Waals surface area contributed by atoms with Crippen LogP contribution in [-0.4, -0.2) is 17.3 Å². The summed E-state index contributed by atoms with van der Waals surface area (Å²) in [5.74, 6) is 0.402. The first-order valence-electron chi connectivity index (χ1n) is 3.50. The van der Waals surface area contributed by atoms with Gasteiger partial charge in [-0.15, -0.1) is 0 Å². The van der Waals surface area contributed by atoms with Gasteiger partial charge in [0.25, 0.3) is 0 Å². The highest BCUT2D eigenvalue weighted by molar-refractivity contribution is 14.1. The minimum Gasteiger partial charge on any atom is -0.504 e. The molecular formula is C8H9IO4. The van der Waals surface area contributed by atoms with E-state index in [9.17, 15) is 10.2 Å². The summed E-state index contributed by atoms with van der Waals surface area (Å²) in [7, 11) is 1.43. The molecule has 0 saturated heterocycles. The molecule has 13 heavy (non-hydrogen) atoms. The number of halogens is 1. The number of phenols is 2. The molecule has 4 nitrogen and oxygen atoms in total. The summed E-state index contributed by atoms with van der Waals surface area (Å²) in [5, 5.41) is 18.9. The maximum Gasteiger partial charge on any atom is 0.192 e. The fraction of sp³-hybridized carbons (Fsp3) is 0.250. The van der Waals surface area contributed by atoms with E-state index < -0.39 is 0 Å². The van der Waals surface area contributed by atoms with Crippen molar-refractivity contribution in [1.82, 2.24) is 0 Å². The zero-order valence-electron chi connectivity index (χ0n) is 7.17. The standard InChI is InChI=1S/C8H9IO4/c1-4-7(10)5(12-2)3-6(13-9)8(4)11/h3,10-11H,1-2H3. The molecule has 0 bridgehead atoms. The molecular weight excluding hydrogens is 287 g/mol. The molecule has 0 radical (unpaired) electrons. The first-order valence-corrected chi connectivity index (χ1v) is 4.38. The van der Waals surface area contributed by atoms with E-state index in [0.717, 1.165) is 0 Å². The number of benzene rings is 1. The molecule has 0 aliphatic carbocycles. The van der Waals surface area contributed by atoms with E-state index in [2.05, 4.69) is 0 Å². The van der Waals surface area contributed by atoms with Crippen molar-refractivity contribution in [1.29, 1.82) is 0 Å². The van der Waals surface area contributed by atoms with Gasteiger partial charge in [0.2, 0.25) is 0 Å². The molecule has 0 aromatic heterocycles. The van der Waals surface area contributed by atoms with Crippen LogP contribution in [0.2, 0.25) is 0 Å². The van der Waals surface area contributed by atoms with Gasteiger partial charge in [-0.25, -0.2) is 0 Å². The van der Waals surface area contributed by atoms with Crippen LogP contribution >= 0.6 is 23.0 Å². The molecule has 2 N–H and O–H groups in total. The Balaban J connectivity index is 3.36. The second-order valence-electron chi connectivity index (χ2n) is 2.48. The number of hydrogen-bond acceptors (Lipinski definition) is 4. The minimum absolute atomic E-state index is 0.0720. The fourth-order valence-electron chi connectivity index (χ4n) is 0.952. The van der Waals surface area contributed by atoms with Crippen LogP contribution in [0.15, 0.2) is 6.07 Å². The van der Waals surface area contributed by atoms with Gasteiger partial charge < -0.3 is 18.0 Å². The minimum atomic E-state index is -0.0762. The Bertz CT molecular complexity index is 296. The van der Waals surface area contributed by atoms with Crippen molar-refractivity contribution in [2.75, 3.05) is 7.11 Å². The average Bonchev–Trinajstić information content (AvgIpc) is 2.15. The predicted octanol–water partition coefficient (Wildman–Crippen LogP) is 2.14. The van der Waals surface area contributed by atoms with Crippen LogP contribution in [0.3, 0.4) is 0 Å².